The maximum absolute atomic E-state index is 12.9. The second-order valence-corrected chi connectivity index (χ2v) is 6.94. The van der Waals surface area contributed by atoms with E-state index < -0.39 is 36.0 Å². The van der Waals surface area contributed by atoms with Crippen LogP contribution in [-0.2, 0) is 19.2 Å². The molecule has 2 rings (SSSR count). The maximum atomic E-state index is 12.9. The van der Waals surface area contributed by atoms with Gasteiger partial charge in [0.15, 0.2) is 0 Å². The van der Waals surface area contributed by atoms with Gasteiger partial charge in [0.1, 0.15) is 12.2 Å². The zero-order valence-electron chi connectivity index (χ0n) is 17.2. The number of likely N-dealkylation sites (N-methyl/N-ethyl adjacent to an activating group) is 1. The average molecular weight is 416 g/mol. The molecule has 2 unspecified atom stereocenters. The van der Waals surface area contributed by atoms with Crippen molar-refractivity contribution in [3.8, 4) is 0 Å². The molecule has 0 aromatic heterocycles. The summed E-state index contributed by atoms with van der Waals surface area (Å²) in [6, 6.07) is 6.48. The Bertz CT molecular complexity index is 798. The molecule has 1 saturated heterocycles. The second-order valence-electron chi connectivity index (χ2n) is 6.94. The normalized spacial score (nSPS) is 16.1. The lowest BCUT2D eigenvalue weighted by molar-refractivity contribution is -0.153. The molecule has 0 saturated carbocycles. The van der Waals surface area contributed by atoms with Crippen molar-refractivity contribution in [1.29, 1.82) is 0 Å². The van der Waals surface area contributed by atoms with Crippen LogP contribution in [0.3, 0.4) is 0 Å². The fourth-order valence-electron chi connectivity index (χ4n) is 2.96. The average Bonchev–Trinajstić information content (AvgIpc) is 2.73. The van der Waals surface area contributed by atoms with Gasteiger partial charge < -0.3 is 20.9 Å². The largest absolute Gasteiger partial charge is 0.338 e. The molecule has 6 amide bonds. The van der Waals surface area contributed by atoms with E-state index in [1.807, 2.05) is 0 Å². The summed E-state index contributed by atoms with van der Waals surface area (Å²) in [6.07, 6.45) is -0.264. The molecule has 0 aliphatic carbocycles. The van der Waals surface area contributed by atoms with Gasteiger partial charge in [-0.1, -0.05) is 44.2 Å². The van der Waals surface area contributed by atoms with Crippen molar-refractivity contribution in [2.24, 2.45) is 0 Å². The van der Waals surface area contributed by atoms with E-state index in [9.17, 15) is 24.0 Å². The number of hydrogen-bond acceptors (Lipinski definition) is 5. The predicted octanol–water partition coefficient (Wildman–Crippen LogP) is -0.0694. The van der Waals surface area contributed by atoms with E-state index in [1.165, 1.54) is 4.90 Å². The number of imide groups is 1. The van der Waals surface area contributed by atoms with Crippen molar-refractivity contribution in [2.75, 3.05) is 19.6 Å². The first-order chi connectivity index (χ1) is 14.3. The monoisotopic (exact) mass is 416 g/mol. The molecule has 0 spiro atoms. The Hall–Kier alpha value is -3.43. The van der Waals surface area contributed by atoms with Gasteiger partial charge in [-0.3, -0.25) is 24.1 Å². The lowest BCUT2D eigenvalue weighted by Gasteiger charge is -2.33. The first-order valence-electron chi connectivity index (χ1n) is 9.56. The minimum absolute atomic E-state index is 0.0323. The van der Waals surface area contributed by atoms with Crippen LogP contribution in [0.1, 0.15) is 32.4 Å². The fraction of sp³-hybridized carbons (Fsp3) is 0.400. The van der Waals surface area contributed by atoms with Gasteiger partial charge in [-0.05, 0) is 12.5 Å². The molecule has 10 heteroatoms. The first-order valence-corrected chi connectivity index (χ1v) is 9.56. The van der Waals surface area contributed by atoms with E-state index in [2.05, 4.69) is 16.0 Å². The topological polar surface area (TPSA) is 128 Å². The molecule has 1 heterocycles. The molecule has 1 aliphatic rings. The number of carbonyl (C=O) groups excluding carboxylic acids is 5. The number of hydrogen-bond donors (Lipinski definition) is 3. The Kier molecular flexibility index (Phi) is 7.90. The van der Waals surface area contributed by atoms with Gasteiger partial charge in [-0.2, -0.15) is 0 Å². The molecular weight excluding hydrogens is 390 g/mol. The van der Waals surface area contributed by atoms with Crippen molar-refractivity contribution >= 4 is 30.2 Å². The summed E-state index contributed by atoms with van der Waals surface area (Å²) in [4.78, 5) is 63.0. The van der Waals surface area contributed by atoms with Crippen LogP contribution < -0.4 is 16.0 Å². The molecule has 10 nitrogen and oxygen atoms in total. The summed E-state index contributed by atoms with van der Waals surface area (Å²) in [5.41, 5.74) is 0.480. The van der Waals surface area contributed by atoms with Crippen molar-refractivity contribution in [1.82, 2.24) is 25.8 Å². The highest BCUT2D eigenvalue weighted by Crippen LogP contribution is 2.15. The standard InChI is InChI=1S/C20H26N5O5/c1-4-24-10-11-25(19(29)18(24)28)20(30)22-15(14-8-6-5-7-9-14)17(27)23-16(13(2)3)21-12-26/h5-9,12,15-16H,4,10-11H2,1-3H3,(H,21,26)(H,22,30)(H,23,27). The van der Waals surface area contributed by atoms with Crippen molar-refractivity contribution in [3.63, 3.8) is 0 Å². The molecule has 3 N–H and O–H groups in total. The lowest BCUT2D eigenvalue weighted by atomic mass is 10.1. The van der Waals surface area contributed by atoms with Gasteiger partial charge >= 0.3 is 17.8 Å². The Balaban J connectivity index is 2.21. The van der Waals surface area contributed by atoms with Crippen molar-refractivity contribution in [2.45, 2.75) is 33.0 Å². The molecule has 2 atom stereocenters. The Morgan fingerprint density at radius 3 is 2.30 bits per heavy atom. The molecule has 1 radical (unpaired) electrons. The molecule has 1 aromatic carbocycles. The highest BCUT2D eigenvalue weighted by atomic mass is 16.2. The van der Waals surface area contributed by atoms with Crippen LogP contribution in [-0.4, -0.2) is 65.8 Å². The van der Waals surface area contributed by atoms with E-state index in [-0.39, 0.29) is 13.1 Å². The summed E-state index contributed by atoms with van der Waals surface area (Å²) in [6.45, 7) is 5.83. The molecule has 30 heavy (non-hydrogen) atoms. The highest BCUT2D eigenvalue weighted by molar-refractivity contribution is 6.38. The minimum Gasteiger partial charge on any atom is -0.338 e. The van der Waals surface area contributed by atoms with E-state index in [0.29, 0.717) is 18.5 Å². The van der Waals surface area contributed by atoms with Crippen LogP contribution in [0.2, 0.25) is 0 Å². The molecule has 161 valence electrons. The van der Waals surface area contributed by atoms with Gasteiger partial charge in [-0.15, -0.1) is 0 Å². The number of carbonyl (C=O) groups is 5. The molecule has 1 aliphatic heterocycles. The third-order valence-corrected chi connectivity index (χ3v) is 4.70. The maximum Gasteiger partial charge on any atom is 0.325 e. The third-order valence-electron chi connectivity index (χ3n) is 4.70. The van der Waals surface area contributed by atoms with Gasteiger partial charge in [0.2, 0.25) is 12.3 Å². The Morgan fingerprint density at radius 1 is 1.07 bits per heavy atom. The third kappa shape index (κ3) is 5.34. The zero-order chi connectivity index (χ0) is 22.3. The van der Waals surface area contributed by atoms with E-state index >= 15 is 0 Å². The van der Waals surface area contributed by atoms with Gasteiger partial charge in [0.05, 0.1) is 0 Å². The summed E-state index contributed by atoms with van der Waals surface area (Å²) in [5, 5.41) is 7.66. The number of nitrogens with one attached hydrogen (secondary N) is 3. The van der Waals surface area contributed by atoms with E-state index in [4.69, 9.17) is 0 Å². The summed E-state index contributed by atoms with van der Waals surface area (Å²) >= 11 is 0. The summed E-state index contributed by atoms with van der Waals surface area (Å²) < 4.78 is 0. The minimum atomic E-state index is -1.14. The number of amides is 6. The van der Waals surface area contributed by atoms with Gasteiger partial charge in [-0.25, -0.2) is 4.79 Å². The van der Waals surface area contributed by atoms with Crippen LogP contribution in [0.4, 0.5) is 4.79 Å². The van der Waals surface area contributed by atoms with E-state index in [1.54, 1.807) is 51.1 Å². The molecule has 0 bridgehead atoms. The summed E-state index contributed by atoms with van der Waals surface area (Å²) in [5.74, 6) is -1.55. The van der Waals surface area contributed by atoms with Crippen molar-refractivity contribution < 1.29 is 24.0 Å². The quantitative estimate of drug-likeness (QED) is 0.311. The highest BCUT2D eigenvalue weighted by Gasteiger charge is 2.37. The van der Waals surface area contributed by atoms with Crippen LogP contribution in [0.15, 0.2) is 30.3 Å². The Morgan fingerprint density at radius 2 is 1.73 bits per heavy atom. The molecular formula is C20H26N5O5. The molecule has 1 aromatic rings. The van der Waals surface area contributed by atoms with Crippen LogP contribution in [0.5, 0.6) is 0 Å². The number of rotatable bonds is 8. The number of piperazine rings is 1. The smallest absolute Gasteiger partial charge is 0.325 e. The lowest BCUT2D eigenvalue weighted by Crippen LogP contribution is -2.59. The number of benzene rings is 1. The van der Waals surface area contributed by atoms with E-state index in [0.717, 1.165) is 10.8 Å². The summed E-state index contributed by atoms with van der Waals surface area (Å²) in [7, 11) is 0. The predicted molar refractivity (Wildman–Crippen MR) is 107 cm³/mol. The zero-order valence-corrected chi connectivity index (χ0v) is 17.2. The first kappa shape index (κ1) is 22.9. The Labute approximate surface area is 175 Å². The van der Waals surface area contributed by atoms with Gasteiger partial charge in [0.25, 0.3) is 0 Å². The van der Waals surface area contributed by atoms with Crippen LogP contribution in [0, 0.1) is 5.92 Å². The van der Waals surface area contributed by atoms with Crippen molar-refractivity contribution in [3.05, 3.63) is 41.8 Å². The van der Waals surface area contributed by atoms with Gasteiger partial charge in [0, 0.05) is 25.6 Å². The second kappa shape index (κ2) is 10.4. The molecule has 1 fully saturated rings. The number of nitrogens with zero attached hydrogens (tertiary/aromatic N) is 2. The van der Waals surface area contributed by atoms with Crippen LogP contribution >= 0.6 is 0 Å². The van der Waals surface area contributed by atoms with Crippen LogP contribution in [0.25, 0.3) is 0 Å². The number of urea groups is 1. The fourth-order valence-corrected chi connectivity index (χ4v) is 2.96. The SMILES string of the molecule is CCN1CCN(C(=O)NC(C(=O)NC(NC=O)[C](C)C)c2ccccc2)C(=O)C1=O.